The van der Waals surface area contributed by atoms with Crippen LogP contribution in [0.3, 0.4) is 0 Å². The Labute approximate surface area is 149 Å². The van der Waals surface area contributed by atoms with Crippen LogP contribution in [0.4, 0.5) is 0 Å². The van der Waals surface area contributed by atoms with Crippen molar-refractivity contribution in [2.75, 3.05) is 13.2 Å². The molecule has 148 valence electrons. The highest BCUT2D eigenvalue weighted by Gasteiger charge is 2.22. The molecule has 0 aromatic rings. The Balaban J connectivity index is 4.32. The largest absolute Gasteiger partial charge is 0.469 e. The van der Waals surface area contributed by atoms with Gasteiger partial charge < -0.3 is 19.3 Å². The molecule has 0 aliphatic heterocycles. The van der Waals surface area contributed by atoms with Crippen LogP contribution >= 0.6 is 7.82 Å². The predicted octanol–water partition coefficient (Wildman–Crippen LogP) is 3.10. The van der Waals surface area contributed by atoms with Gasteiger partial charge in [0.1, 0.15) is 6.61 Å². The number of unbranched alkanes of at least 4 members (excludes halogenated alkanes) is 5. The summed E-state index contributed by atoms with van der Waals surface area (Å²) in [6.07, 6.45) is 5.65. The van der Waals surface area contributed by atoms with Gasteiger partial charge in [-0.15, -0.1) is 0 Å². The van der Waals surface area contributed by atoms with Gasteiger partial charge in [0, 0.05) is 12.8 Å². The van der Waals surface area contributed by atoms with Gasteiger partial charge in [-0.3, -0.25) is 14.1 Å². The summed E-state index contributed by atoms with van der Waals surface area (Å²) in [4.78, 5) is 40.9. The Hall–Kier alpha value is -0.950. The number of ether oxygens (including phenoxy) is 2. The SMILES string of the molecule is CCCCCCC(=O)O[C@@H](COC(=O)CCCCC)COP(=O)(O)O. The average molecular weight is 382 g/mol. The van der Waals surface area contributed by atoms with Crippen LogP contribution in [0.2, 0.25) is 0 Å². The molecule has 0 aliphatic carbocycles. The number of hydrogen-bond acceptors (Lipinski definition) is 6. The number of phosphoric ester groups is 1. The fourth-order valence-electron chi connectivity index (χ4n) is 2.01. The molecule has 0 rings (SSSR count). The van der Waals surface area contributed by atoms with Crippen LogP contribution in [0.1, 0.15) is 71.6 Å². The molecule has 0 heterocycles. The lowest BCUT2D eigenvalue weighted by molar-refractivity contribution is -0.161. The highest BCUT2D eigenvalue weighted by molar-refractivity contribution is 7.46. The van der Waals surface area contributed by atoms with Crippen LogP contribution in [-0.4, -0.2) is 41.0 Å². The second-order valence-corrected chi connectivity index (χ2v) is 7.09. The molecule has 0 aliphatic rings. The van der Waals surface area contributed by atoms with Gasteiger partial charge in [-0.05, 0) is 12.8 Å². The lowest BCUT2D eigenvalue weighted by Gasteiger charge is -2.18. The van der Waals surface area contributed by atoms with Crippen molar-refractivity contribution in [2.24, 2.45) is 0 Å². The molecule has 0 aromatic carbocycles. The van der Waals surface area contributed by atoms with Crippen molar-refractivity contribution < 1.29 is 37.9 Å². The summed E-state index contributed by atoms with van der Waals surface area (Å²) in [7, 11) is -4.69. The lowest BCUT2D eigenvalue weighted by atomic mass is 10.1. The summed E-state index contributed by atoms with van der Waals surface area (Å²) in [5.74, 6) is -0.939. The third kappa shape index (κ3) is 16.3. The maximum atomic E-state index is 11.8. The highest BCUT2D eigenvalue weighted by Crippen LogP contribution is 2.35. The van der Waals surface area contributed by atoms with Crippen molar-refractivity contribution >= 4 is 19.8 Å². The third-order valence-corrected chi connectivity index (χ3v) is 3.86. The highest BCUT2D eigenvalue weighted by atomic mass is 31.2. The molecular formula is C16H31O8P. The second kappa shape index (κ2) is 14.2. The van der Waals surface area contributed by atoms with E-state index in [2.05, 4.69) is 11.4 Å². The topological polar surface area (TPSA) is 119 Å². The summed E-state index contributed by atoms with van der Waals surface area (Å²) in [5, 5.41) is 0. The number of carbonyl (C=O) groups excluding carboxylic acids is 2. The van der Waals surface area contributed by atoms with E-state index in [4.69, 9.17) is 19.3 Å². The molecule has 0 amide bonds. The van der Waals surface area contributed by atoms with Crippen molar-refractivity contribution in [2.45, 2.75) is 77.7 Å². The van der Waals surface area contributed by atoms with Crippen LogP contribution in [-0.2, 0) is 28.2 Å². The first-order chi connectivity index (χ1) is 11.8. The quantitative estimate of drug-likeness (QED) is 0.252. The van der Waals surface area contributed by atoms with Gasteiger partial charge >= 0.3 is 19.8 Å². The second-order valence-electron chi connectivity index (χ2n) is 5.85. The Morgan fingerprint density at radius 2 is 1.44 bits per heavy atom. The zero-order valence-electron chi connectivity index (χ0n) is 15.1. The van der Waals surface area contributed by atoms with E-state index in [1.54, 1.807) is 0 Å². The monoisotopic (exact) mass is 382 g/mol. The number of esters is 2. The average Bonchev–Trinajstić information content (AvgIpc) is 2.53. The Morgan fingerprint density at radius 1 is 0.880 bits per heavy atom. The molecule has 0 radical (unpaired) electrons. The Bertz CT molecular complexity index is 420. The number of hydrogen-bond donors (Lipinski definition) is 2. The van der Waals surface area contributed by atoms with E-state index in [0.717, 1.165) is 32.1 Å². The molecule has 2 N–H and O–H groups in total. The van der Waals surface area contributed by atoms with E-state index in [-0.39, 0.29) is 19.4 Å². The summed E-state index contributed by atoms with van der Waals surface area (Å²) in [5.41, 5.74) is 0. The van der Waals surface area contributed by atoms with Crippen molar-refractivity contribution in [1.29, 1.82) is 0 Å². The minimum absolute atomic E-state index is 0.205. The molecule has 0 saturated heterocycles. The first-order valence-electron chi connectivity index (χ1n) is 8.83. The van der Waals surface area contributed by atoms with Crippen molar-refractivity contribution in [3.05, 3.63) is 0 Å². The predicted molar refractivity (Wildman–Crippen MR) is 91.7 cm³/mol. The van der Waals surface area contributed by atoms with Crippen LogP contribution in [0, 0.1) is 0 Å². The van der Waals surface area contributed by atoms with Gasteiger partial charge in [0.25, 0.3) is 0 Å². The maximum Gasteiger partial charge on any atom is 0.469 e. The van der Waals surface area contributed by atoms with Gasteiger partial charge in [0.2, 0.25) is 0 Å². The normalized spacial score (nSPS) is 12.6. The minimum Gasteiger partial charge on any atom is -0.462 e. The van der Waals surface area contributed by atoms with Gasteiger partial charge in [-0.2, -0.15) is 0 Å². The fraction of sp³-hybridized carbons (Fsp3) is 0.875. The van der Waals surface area contributed by atoms with E-state index < -0.39 is 32.5 Å². The number of phosphoric acid groups is 1. The summed E-state index contributed by atoms with van der Waals surface area (Å²) >= 11 is 0. The Kier molecular flexibility index (Phi) is 13.7. The van der Waals surface area contributed by atoms with Gasteiger partial charge in [0.05, 0.1) is 6.61 Å². The standard InChI is InChI=1S/C16H31O8P/c1-3-5-7-9-11-16(18)24-14(13-23-25(19,20)21)12-22-15(17)10-8-6-4-2/h14H,3-13H2,1-2H3,(H2,19,20,21)/t14-/m0/s1. The third-order valence-electron chi connectivity index (χ3n) is 3.38. The van der Waals surface area contributed by atoms with Gasteiger partial charge in [-0.25, -0.2) is 4.57 Å². The Morgan fingerprint density at radius 3 is 2.04 bits per heavy atom. The molecule has 0 saturated carbocycles. The fourth-order valence-corrected chi connectivity index (χ4v) is 2.38. The van der Waals surface area contributed by atoms with Crippen molar-refractivity contribution in [1.82, 2.24) is 0 Å². The van der Waals surface area contributed by atoms with Crippen LogP contribution < -0.4 is 0 Å². The molecule has 25 heavy (non-hydrogen) atoms. The van der Waals surface area contributed by atoms with E-state index >= 15 is 0 Å². The molecule has 8 nitrogen and oxygen atoms in total. The number of carbonyl (C=O) groups is 2. The first-order valence-corrected chi connectivity index (χ1v) is 10.4. The molecule has 9 heteroatoms. The van der Waals surface area contributed by atoms with E-state index in [9.17, 15) is 14.2 Å². The van der Waals surface area contributed by atoms with E-state index in [1.165, 1.54) is 0 Å². The molecule has 0 fully saturated rings. The van der Waals surface area contributed by atoms with Gasteiger partial charge in [-0.1, -0.05) is 46.0 Å². The zero-order valence-corrected chi connectivity index (χ0v) is 16.0. The van der Waals surface area contributed by atoms with E-state index in [0.29, 0.717) is 12.8 Å². The van der Waals surface area contributed by atoms with E-state index in [1.807, 2.05) is 6.92 Å². The van der Waals surface area contributed by atoms with Crippen molar-refractivity contribution in [3.8, 4) is 0 Å². The number of rotatable bonds is 15. The molecule has 1 atom stereocenters. The van der Waals surface area contributed by atoms with Crippen LogP contribution in [0.25, 0.3) is 0 Å². The molecule has 0 unspecified atom stereocenters. The lowest BCUT2D eigenvalue weighted by Crippen LogP contribution is -2.29. The molecule has 0 spiro atoms. The van der Waals surface area contributed by atoms with Gasteiger partial charge in [0.15, 0.2) is 6.10 Å². The summed E-state index contributed by atoms with van der Waals surface area (Å²) < 4.78 is 25.3. The molecule has 0 aromatic heterocycles. The summed E-state index contributed by atoms with van der Waals surface area (Å²) in [6, 6.07) is 0. The maximum absolute atomic E-state index is 11.8. The smallest absolute Gasteiger partial charge is 0.462 e. The minimum atomic E-state index is -4.69. The van der Waals surface area contributed by atoms with Crippen LogP contribution in [0.5, 0.6) is 0 Å². The zero-order chi connectivity index (χ0) is 19.1. The molecular weight excluding hydrogens is 351 g/mol. The van der Waals surface area contributed by atoms with Crippen LogP contribution in [0.15, 0.2) is 0 Å². The summed E-state index contributed by atoms with van der Waals surface area (Å²) in [6.45, 7) is 3.25. The first kappa shape index (κ1) is 24.1. The molecule has 0 bridgehead atoms. The van der Waals surface area contributed by atoms with Crippen molar-refractivity contribution in [3.63, 3.8) is 0 Å².